The van der Waals surface area contributed by atoms with E-state index in [2.05, 4.69) is 10.3 Å². The predicted octanol–water partition coefficient (Wildman–Crippen LogP) is 2.44. The van der Waals surface area contributed by atoms with Crippen molar-refractivity contribution in [3.05, 3.63) is 17.3 Å². The molecule has 0 aliphatic carbocycles. The lowest BCUT2D eigenvalue weighted by Gasteiger charge is -2.19. The molecule has 0 unspecified atom stereocenters. The van der Waals surface area contributed by atoms with Crippen LogP contribution in [0.15, 0.2) is 17.2 Å². The van der Waals surface area contributed by atoms with E-state index in [1.54, 1.807) is 7.05 Å². The van der Waals surface area contributed by atoms with Gasteiger partial charge < -0.3 is 5.32 Å². The Labute approximate surface area is 120 Å². The third-order valence-corrected chi connectivity index (χ3v) is 4.57. The fraction of sp³-hybridized carbons (Fsp3) is 0.583. The standard InChI is InChI=1S/C12H20ClN3O2S/c1-5-14-12-11(13)6-10(7-15-12)19(17,18)16(4)8-9(2)3/h6-7,9H,5,8H2,1-4H3,(H,14,15). The van der Waals surface area contributed by atoms with E-state index in [1.807, 2.05) is 20.8 Å². The summed E-state index contributed by atoms with van der Waals surface area (Å²) in [6, 6.07) is 1.43. The highest BCUT2D eigenvalue weighted by atomic mass is 35.5. The first kappa shape index (κ1) is 16.2. The molecule has 0 saturated heterocycles. The van der Waals surface area contributed by atoms with Gasteiger partial charge in [-0.3, -0.25) is 0 Å². The Morgan fingerprint density at radius 3 is 2.58 bits per heavy atom. The number of aromatic nitrogens is 1. The van der Waals surface area contributed by atoms with Crippen LogP contribution >= 0.6 is 11.6 Å². The maximum atomic E-state index is 12.3. The summed E-state index contributed by atoms with van der Waals surface area (Å²) in [7, 11) is -1.97. The van der Waals surface area contributed by atoms with E-state index >= 15 is 0 Å². The van der Waals surface area contributed by atoms with Crippen molar-refractivity contribution in [3.8, 4) is 0 Å². The highest BCUT2D eigenvalue weighted by Gasteiger charge is 2.22. The van der Waals surface area contributed by atoms with Gasteiger partial charge in [0, 0.05) is 26.3 Å². The van der Waals surface area contributed by atoms with E-state index in [0.29, 0.717) is 23.9 Å². The first-order valence-electron chi connectivity index (χ1n) is 6.14. The molecule has 7 heteroatoms. The molecule has 0 bridgehead atoms. The minimum absolute atomic E-state index is 0.113. The van der Waals surface area contributed by atoms with Crippen LogP contribution in [-0.2, 0) is 10.0 Å². The van der Waals surface area contributed by atoms with Gasteiger partial charge in [-0.05, 0) is 18.9 Å². The Balaban J connectivity index is 3.05. The van der Waals surface area contributed by atoms with E-state index in [4.69, 9.17) is 11.6 Å². The third kappa shape index (κ3) is 4.06. The maximum absolute atomic E-state index is 12.3. The van der Waals surface area contributed by atoms with Gasteiger partial charge in [0.15, 0.2) is 0 Å². The molecule has 1 rings (SSSR count). The van der Waals surface area contributed by atoms with Gasteiger partial charge >= 0.3 is 0 Å². The number of hydrogen-bond acceptors (Lipinski definition) is 4. The van der Waals surface area contributed by atoms with Gasteiger partial charge in [0.1, 0.15) is 10.7 Å². The van der Waals surface area contributed by atoms with E-state index in [1.165, 1.54) is 16.6 Å². The second-order valence-corrected chi connectivity index (χ2v) is 7.16. The van der Waals surface area contributed by atoms with Crippen LogP contribution in [0.1, 0.15) is 20.8 Å². The van der Waals surface area contributed by atoms with Gasteiger partial charge in [-0.25, -0.2) is 17.7 Å². The third-order valence-electron chi connectivity index (χ3n) is 2.49. The molecule has 5 nitrogen and oxygen atoms in total. The number of nitrogens with one attached hydrogen (secondary N) is 1. The molecule has 0 saturated carbocycles. The summed E-state index contributed by atoms with van der Waals surface area (Å²) in [6.07, 6.45) is 1.33. The van der Waals surface area contributed by atoms with Crippen molar-refractivity contribution < 1.29 is 8.42 Å². The lowest BCUT2D eigenvalue weighted by atomic mass is 10.2. The summed E-state index contributed by atoms with van der Waals surface area (Å²) in [4.78, 5) is 4.16. The fourth-order valence-electron chi connectivity index (χ4n) is 1.65. The number of pyridine rings is 1. The van der Waals surface area contributed by atoms with Crippen molar-refractivity contribution in [2.45, 2.75) is 25.7 Å². The SMILES string of the molecule is CCNc1ncc(S(=O)(=O)N(C)CC(C)C)cc1Cl. The second-order valence-electron chi connectivity index (χ2n) is 4.71. The molecule has 0 aromatic carbocycles. The minimum Gasteiger partial charge on any atom is -0.369 e. The second kappa shape index (κ2) is 6.54. The first-order valence-corrected chi connectivity index (χ1v) is 7.96. The van der Waals surface area contributed by atoms with Crippen LogP contribution in [0.4, 0.5) is 5.82 Å². The van der Waals surface area contributed by atoms with E-state index in [9.17, 15) is 8.42 Å². The summed E-state index contributed by atoms with van der Waals surface area (Å²) >= 11 is 6.02. The zero-order valence-electron chi connectivity index (χ0n) is 11.6. The molecule has 0 atom stereocenters. The zero-order valence-corrected chi connectivity index (χ0v) is 13.2. The van der Waals surface area contributed by atoms with Crippen molar-refractivity contribution in [2.75, 3.05) is 25.5 Å². The molecule has 0 radical (unpaired) electrons. The molecule has 0 amide bonds. The first-order chi connectivity index (χ1) is 8.78. The average molecular weight is 306 g/mol. The van der Waals surface area contributed by atoms with E-state index < -0.39 is 10.0 Å². The normalized spacial score (nSPS) is 12.2. The monoisotopic (exact) mass is 305 g/mol. The molecule has 0 spiro atoms. The van der Waals surface area contributed by atoms with E-state index in [-0.39, 0.29) is 10.8 Å². The largest absolute Gasteiger partial charge is 0.369 e. The van der Waals surface area contributed by atoms with Crippen molar-refractivity contribution in [1.82, 2.24) is 9.29 Å². The summed E-state index contributed by atoms with van der Waals surface area (Å²) in [5.41, 5.74) is 0. The smallest absolute Gasteiger partial charge is 0.244 e. The molecule has 1 aromatic rings. The van der Waals surface area contributed by atoms with Crippen molar-refractivity contribution >= 4 is 27.4 Å². The van der Waals surface area contributed by atoms with Crippen LogP contribution in [0.3, 0.4) is 0 Å². The van der Waals surface area contributed by atoms with Crippen molar-refractivity contribution in [3.63, 3.8) is 0 Å². The van der Waals surface area contributed by atoms with E-state index in [0.717, 1.165) is 0 Å². The van der Waals surface area contributed by atoms with Crippen molar-refractivity contribution in [1.29, 1.82) is 0 Å². The summed E-state index contributed by atoms with van der Waals surface area (Å²) in [6.45, 7) is 6.97. The number of rotatable bonds is 6. The molecule has 0 fully saturated rings. The zero-order chi connectivity index (χ0) is 14.6. The summed E-state index contributed by atoms with van der Waals surface area (Å²) in [5.74, 6) is 0.749. The van der Waals surface area contributed by atoms with Gasteiger partial charge in [-0.15, -0.1) is 0 Å². The quantitative estimate of drug-likeness (QED) is 0.877. The van der Waals surface area contributed by atoms with Gasteiger partial charge in [-0.2, -0.15) is 0 Å². The number of anilines is 1. The molecule has 1 N–H and O–H groups in total. The van der Waals surface area contributed by atoms with Gasteiger partial charge in [0.25, 0.3) is 0 Å². The Kier molecular flexibility index (Phi) is 5.58. The van der Waals surface area contributed by atoms with Crippen LogP contribution in [0.5, 0.6) is 0 Å². The Hall–Kier alpha value is -0.850. The summed E-state index contributed by atoms with van der Waals surface area (Å²) < 4.78 is 25.9. The van der Waals surface area contributed by atoms with Gasteiger partial charge in [0.05, 0.1) is 5.02 Å². The molecule has 108 valence electrons. The number of halogens is 1. The van der Waals surface area contributed by atoms with Gasteiger partial charge in [0.2, 0.25) is 10.0 Å². The lowest BCUT2D eigenvalue weighted by Crippen LogP contribution is -2.30. The number of sulfonamides is 1. The lowest BCUT2D eigenvalue weighted by molar-refractivity contribution is 0.417. The van der Waals surface area contributed by atoms with Gasteiger partial charge in [-0.1, -0.05) is 25.4 Å². The van der Waals surface area contributed by atoms with Crippen LogP contribution in [0.25, 0.3) is 0 Å². The van der Waals surface area contributed by atoms with Crippen LogP contribution < -0.4 is 5.32 Å². The Bertz CT molecular complexity index is 532. The molecule has 0 aliphatic rings. The number of nitrogens with zero attached hydrogens (tertiary/aromatic N) is 2. The van der Waals surface area contributed by atoms with Crippen LogP contribution in [0, 0.1) is 5.92 Å². The molecular weight excluding hydrogens is 286 g/mol. The van der Waals surface area contributed by atoms with Crippen LogP contribution in [-0.4, -0.2) is 37.8 Å². The number of hydrogen-bond donors (Lipinski definition) is 1. The molecule has 1 aromatic heterocycles. The summed E-state index contributed by atoms with van der Waals surface area (Å²) in [5, 5.41) is 3.27. The molecular formula is C12H20ClN3O2S. The minimum atomic E-state index is -3.53. The Morgan fingerprint density at radius 1 is 1.47 bits per heavy atom. The average Bonchev–Trinajstić information content (AvgIpc) is 2.31. The topological polar surface area (TPSA) is 62.3 Å². The highest BCUT2D eigenvalue weighted by molar-refractivity contribution is 7.89. The van der Waals surface area contributed by atoms with Crippen molar-refractivity contribution in [2.24, 2.45) is 5.92 Å². The highest BCUT2D eigenvalue weighted by Crippen LogP contribution is 2.24. The Morgan fingerprint density at radius 2 is 2.11 bits per heavy atom. The molecule has 1 heterocycles. The maximum Gasteiger partial charge on any atom is 0.244 e. The molecule has 0 aliphatic heterocycles. The fourth-order valence-corrected chi connectivity index (χ4v) is 3.26. The van der Waals surface area contributed by atoms with Crippen LogP contribution in [0.2, 0.25) is 5.02 Å². The predicted molar refractivity (Wildman–Crippen MR) is 78.1 cm³/mol. The molecule has 19 heavy (non-hydrogen) atoms.